The van der Waals surface area contributed by atoms with Crippen molar-refractivity contribution in [2.24, 2.45) is 0 Å². The molecule has 6 heteroatoms. The van der Waals surface area contributed by atoms with E-state index in [-0.39, 0.29) is 5.56 Å². The number of ether oxygens (including phenoxy) is 1. The molecule has 3 rings (SSSR count). The molecule has 0 N–H and O–H groups in total. The third kappa shape index (κ3) is 4.47. The minimum absolute atomic E-state index is 0.0329. The number of nitrogens with zero attached hydrogens (tertiary/aromatic N) is 2. The Balaban J connectivity index is 1.97. The van der Waals surface area contributed by atoms with Gasteiger partial charge < -0.3 is 4.74 Å². The van der Waals surface area contributed by atoms with Crippen LogP contribution in [-0.2, 0) is 17.0 Å². The van der Waals surface area contributed by atoms with Gasteiger partial charge in [-0.1, -0.05) is 53.2 Å². The van der Waals surface area contributed by atoms with Crippen LogP contribution in [0.3, 0.4) is 0 Å². The van der Waals surface area contributed by atoms with Gasteiger partial charge in [-0.2, -0.15) is 0 Å². The second kappa shape index (κ2) is 8.71. The van der Waals surface area contributed by atoms with Gasteiger partial charge in [-0.05, 0) is 37.1 Å². The second-order valence-corrected chi connectivity index (χ2v) is 7.52. The van der Waals surface area contributed by atoms with Crippen molar-refractivity contribution in [1.82, 2.24) is 9.55 Å². The molecule has 0 bridgehead atoms. The highest BCUT2D eigenvalue weighted by atomic mass is 35.5. The number of rotatable bonds is 7. The van der Waals surface area contributed by atoms with E-state index in [1.807, 2.05) is 6.07 Å². The van der Waals surface area contributed by atoms with Gasteiger partial charge in [-0.3, -0.25) is 9.36 Å². The van der Waals surface area contributed by atoms with E-state index in [9.17, 15) is 4.79 Å². The Labute approximate surface area is 162 Å². The van der Waals surface area contributed by atoms with E-state index in [1.165, 1.54) is 11.1 Å². The van der Waals surface area contributed by atoms with Crippen LogP contribution in [0.15, 0.2) is 52.4 Å². The average Bonchev–Trinajstić information content (AvgIpc) is 2.62. The molecule has 26 heavy (non-hydrogen) atoms. The molecule has 2 aromatic carbocycles. The zero-order valence-electron chi connectivity index (χ0n) is 14.9. The standard InChI is InChI=1S/C20H21ClN2O2S/c1-14-5-3-6-15(11-14)13-26-20-22-18-12-16(21)7-8-17(18)19(24)23(20)9-4-10-25-2/h3,5-8,11-12H,4,9-10,13H2,1-2H3. The molecule has 1 heterocycles. The topological polar surface area (TPSA) is 44.1 Å². The minimum atomic E-state index is -0.0329. The Morgan fingerprint density at radius 2 is 2.08 bits per heavy atom. The summed E-state index contributed by atoms with van der Waals surface area (Å²) in [5, 5.41) is 1.88. The molecular weight excluding hydrogens is 368 g/mol. The quantitative estimate of drug-likeness (QED) is 0.334. The van der Waals surface area contributed by atoms with Crippen LogP contribution in [-0.4, -0.2) is 23.3 Å². The smallest absolute Gasteiger partial charge is 0.262 e. The Morgan fingerprint density at radius 1 is 1.23 bits per heavy atom. The molecule has 0 amide bonds. The molecule has 0 saturated heterocycles. The van der Waals surface area contributed by atoms with Crippen molar-refractivity contribution in [3.8, 4) is 0 Å². The molecule has 136 valence electrons. The van der Waals surface area contributed by atoms with Crippen LogP contribution in [0.2, 0.25) is 5.02 Å². The van der Waals surface area contributed by atoms with Crippen LogP contribution >= 0.6 is 23.4 Å². The first-order chi connectivity index (χ1) is 12.6. The first-order valence-corrected chi connectivity index (χ1v) is 9.82. The van der Waals surface area contributed by atoms with Gasteiger partial charge in [0.1, 0.15) is 0 Å². The lowest BCUT2D eigenvalue weighted by atomic mass is 10.2. The Morgan fingerprint density at radius 3 is 2.85 bits per heavy atom. The maximum Gasteiger partial charge on any atom is 0.262 e. The molecule has 0 radical (unpaired) electrons. The fraction of sp³-hybridized carbons (Fsp3) is 0.300. The molecule has 0 atom stereocenters. The fourth-order valence-corrected chi connectivity index (χ4v) is 3.93. The highest BCUT2D eigenvalue weighted by Crippen LogP contribution is 2.24. The molecule has 0 aliphatic carbocycles. The van der Waals surface area contributed by atoms with Gasteiger partial charge in [0, 0.05) is 31.0 Å². The molecule has 0 aliphatic rings. The van der Waals surface area contributed by atoms with Crippen LogP contribution in [0, 0.1) is 6.92 Å². The fourth-order valence-electron chi connectivity index (χ4n) is 2.80. The maximum atomic E-state index is 12.9. The monoisotopic (exact) mass is 388 g/mol. The lowest BCUT2D eigenvalue weighted by Crippen LogP contribution is -2.24. The van der Waals surface area contributed by atoms with Crippen LogP contribution in [0.4, 0.5) is 0 Å². The number of methoxy groups -OCH3 is 1. The van der Waals surface area contributed by atoms with Crippen LogP contribution in [0.5, 0.6) is 0 Å². The predicted molar refractivity (Wildman–Crippen MR) is 108 cm³/mol. The molecule has 0 unspecified atom stereocenters. The lowest BCUT2D eigenvalue weighted by molar-refractivity contribution is 0.189. The number of benzene rings is 2. The van der Waals surface area contributed by atoms with Gasteiger partial charge in [-0.25, -0.2) is 4.98 Å². The third-order valence-corrected chi connectivity index (χ3v) is 5.35. The van der Waals surface area contributed by atoms with Crippen molar-refractivity contribution in [2.75, 3.05) is 13.7 Å². The number of hydrogen-bond acceptors (Lipinski definition) is 4. The number of aryl methyl sites for hydroxylation is 1. The predicted octanol–water partition coefficient (Wildman–Crippen LogP) is 4.69. The van der Waals surface area contributed by atoms with Crippen molar-refractivity contribution >= 4 is 34.3 Å². The lowest BCUT2D eigenvalue weighted by Gasteiger charge is -2.13. The van der Waals surface area contributed by atoms with Crippen molar-refractivity contribution in [2.45, 2.75) is 30.8 Å². The third-order valence-electron chi connectivity index (χ3n) is 4.06. The van der Waals surface area contributed by atoms with Gasteiger partial charge in [0.15, 0.2) is 5.16 Å². The number of fused-ring (bicyclic) bond motifs is 1. The normalized spacial score (nSPS) is 11.2. The molecule has 0 fully saturated rings. The van der Waals surface area contributed by atoms with Crippen LogP contribution in [0.1, 0.15) is 17.5 Å². The summed E-state index contributed by atoms with van der Waals surface area (Å²) in [4.78, 5) is 17.7. The molecule has 4 nitrogen and oxygen atoms in total. The van der Waals surface area contributed by atoms with Gasteiger partial charge in [0.05, 0.1) is 10.9 Å². The van der Waals surface area contributed by atoms with E-state index in [1.54, 1.807) is 41.6 Å². The Bertz CT molecular complexity index is 972. The summed E-state index contributed by atoms with van der Waals surface area (Å²) >= 11 is 7.65. The van der Waals surface area contributed by atoms with Crippen molar-refractivity contribution in [3.63, 3.8) is 0 Å². The Kier molecular flexibility index (Phi) is 6.35. The number of hydrogen-bond donors (Lipinski definition) is 0. The van der Waals surface area contributed by atoms with Crippen molar-refractivity contribution < 1.29 is 4.74 Å². The zero-order valence-corrected chi connectivity index (χ0v) is 16.4. The highest BCUT2D eigenvalue weighted by molar-refractivity contribution is 7.98. The number of halogens is 1. The van der Waals surface area contributed by atoms with E-state index in [2.05, 4.69) is 25.1 Å². The molecule has 3 aromatic rings. The van der Waals surface area contributed by atoms with Gasteiger partial charge in [0.25, 0.3) is 5.56 Å². The molecule has 1 aromatic heterocycles. The molecule has 0 spiro atoms. The van der Waals surface area contributed by atoms with E-state index < -0.39 is 0 Å². The Hall–Kier alpha value is -1.82. The van der Waals surface area contributed by atoms with E-state index >= 15 is 0 Å². The van der Waals surface area contributed by atoms with Gasteiger partial charge >= 0.3 is 0 Å². The van der Waals surface area contributed by atoms with Gasteiger partial charge in [-0.15, -0.1) is 0 Å². The zero-order chi connectivity index (χ0) is 18.5. The minimum Gasteiger partial charge on any atom is -0.385 e. The first kappa shape index (κ1) is 19.0. The summed E-state index contributed by atoms with van der Waals surface area (Å²) in [7, 11) is 1.66. The summed E-state index contributed by atoms with van der Waals surface area (Å²) < 4.78 is 6.87. The van der Waals surface area contributed by atoms with Crippen LogP contribution < -0.4 is 5.56 Å². The van der Waals surface area contributed by atoms with E-state index in [4.69, 9.17) is 21.3 Å². The van der Waals surface area contributed by atoms with Crippen molar-refractivity contribution in [3.05, 3.63) is 69.0 Å². The number of thioether (sulfide) groups is 1. The van der Waals surface area contributed by atoms with E-state index in [0.717, 1.165) is 12.2 Å². The SMILES string of the molecule is COCCCn1c(SCc2cccc(C)c2)nc2cc(Cl)ccc2c1=O. The summed E-state index contributed by atoms with van der Waals surface area (Å²) in [5.41, 5.74) is 3.03. The molecular formula is C20H21ClN2O2S. The van der Waals surface area contributed by atoms with Gasteiger partial charge in [0.2, 0.25) is 0 Å². The molecule has 0 saturated carbocycles. The average molecular weight is 389 g/mol. The van der Waals surface area contributed by atoms with E-state index in [0.29, 0.717) is 34.2 Å². The first-order valence-electron chi connectivity index (χ1n) is 8.46. The summed E-state index contributed by atoms with van der Waals surface area (Å²) in [6.07, 6.45) is 0.759. The summed E-state index contributed by atoms with van der Waals surface area (Å²) in [5.74, 6) is 0.754. The van der Waals surface area contributed by atoms with Crippen LogP contribution in [0.25, 0.3) is 10.9 Å². The largest absolute Gasteiger partial charge is 0.385 e. The molecule has 0 aliphatic heterocycles. The van der Waals surface area contributed by atoms with Crippen molar-refractivity contribution in [1.29, 1.82) is 0 Å². The summed E-state index contributed by atoms with van der Waals surface area (Å²) in [6.45, 7) is 3.26. The number of aromatic nitrogens is 2. The second-order valence-electron chi connectivity index (χ2n) is 6.14. The highest BCUT2D eigenvalue weighted by Gasteiger charge is 2.12. The maximum absolute atomic E-state index is 12.9. The summed E-state index contributed by atoms with van der Waals surface area (Å²) in [6, 6.07) is 13.6.